The lowest BCUT2D eigenvalue weighted by Gasteiger charge is -2.41. The highest BCUT2D eigenvalue weighted by Gasteiger charge is 2.30. The van der Waals surface area contributed by atoms with Crippen molar-refractivity contribution in [2.24, 2.45) is 0 Å². The second-order valence-corrected chi connectivity index (χ2v) is 6.35. The van der Waals surface area contributed by atoms with Crippen LogP contribution in [0.4, 0.5) is 0 Å². The number of nitrogens with zero attached hydrogens (tertiary/aromatic N) is 1. The van der Waals surface area contributed by atoms with E-state index in [0.717, 1.165) is 19.5 Å². The molecule has 1 amide bonds. The molecule has 4 heteroatoms. The van der Waals surface area contributed by atoms with Crippen LogP contribution in [0.5, 0.6) is 0 Å². The van der Waals surface area contributed by atoms with Crippen LogP contribution >= 0.6 is 0 Å². The highest BCUT2D eigenvalue weighted by atomic mass is 16.5. The number of carbonyl (C=O) groups excluding carboxylic acids is 1. The third-order valence-electron chi connectivity index (χ3n) is 4.40. The zero-order valence-electron chi connectivity index (χ0n) is 13.5. The lowest BCUT2D eigenvalue weighted by atomic mass is 9.94. The molecule has 1 aliphatic heterocycles. The number of carbonyl (C=O) groups is 1. The number of nitrogens with one attached hydrogen (secondary N) is 1. The molecular weight excluding hydrogens is 264 g/mol. The molecule has 0 radical (unpaired) electrons. The van der Waals surface area contributed by atoms with Crippen molar-refractivity contribution < 1.29 is 9.53 Å². The van der Waals surface area contributed by atoms with E-state index >= 15 is 0 Å². The average molecular weight is 290 g/mol. The third-order valence-corrected chi connectivity index (χ3v) is 4.40. The molecule has 2 rings (SSSR count). The summed E-state index contributed by atoms with van der Waals surface area (Å²) in [7, 11) is 1.55. The van der Waals surface area contributed by atoms with Gasteiger partial charge >= 0.3 is 0 Å². The first-order valence-corrected chi connectivity index (χ1v) is 7.56. The molecule has 0 spiro atoms. The Kier molecular flexibility index (Phi) is 5.01. The Balaban J connectivity index is 1.96. The maximum atomic E-state index is 11.8. The lowest BCUT2D eigenvalue weighted by molar-refractivity contribution is -0.130. The molecule has 116 valence electrons. The van der Waals surface area contributed by atoms with Crippen LogP contribution in [0.3, 0.4) is 0 Å². The smallest absolute Gasteiger partial charge is 0.248 e. The fraction of sp³-hybridized carbons (Fsp3) is 0.588. The van der Waals surface area contributed by atoms with Gasteiger partial charge in [-0.2, -0.15) is 0 Å². The number of amides is 1. The van der Waals surface area contributed by atoms with Gasteiger partial charge in [0.15, 0.2) is 0 Å². The molecule has 1 aromatic carbocycles. The first kappa shape index (κ1) is 16.0. The minimum Gasteiger partial charge on any atom is -0.372 e. The van der Waals surface area contributed by atoms with Crippen molar-refractivity contribution in [1.82, 2.24) is 10.2 Å². The van der Waals surface area contributed by atoms with E-state index in [1.807, 2.05) is 0 Å². The first-order chi connectivity index (χ1) is 9.94. The van der Waals surface area contributed by atoms with E-state index < -0.39 is 6.10 Å². The maximum Gasteiger partial charge on any atom is 0.248 e. The Morgan fingerprint density at radius 2 is 2.05 bits per heavy atom. The Hall–Kier alpha value is -1.39. The normalized spacial score (nSPS) is 17.1. The van der Waals surface area contributed by atoms with Gasteiger partial charge in [0.2, 0.25) is 5.91 Å². The number of benzene rings is 1. The summed E-state index contributed by atoms with van der Waals surface area (Å²) in [6.07, 6.45) is 0.671. The zero-order valence-corrected chi connectivity index (χ0v) is 13.5. The monoisotopic (exact) mass is 290 g/mol. The summed E-state index contributed by atoms with van der Waals surface area (Å²) in [6.45, 7) is 8.72. The van der Waals surface area contributed by atoms with Crippen molar-refractivity contribution in [2.45, 2.75) is 45.4 Å². The zero-order chi connectivity index (χ0) is 15.5. The number of ether oxygens (including phenoxy) is 1. The van der Waals surface area contributed by atoms with Crippen LogP contribution in [0.1, 0.15) is 31.9 Å². The topological polar surface area (TPSA) is 41.6 Å². The van der Waals surface area contributed by atoms with E-state index in [4.69, 9.17) is 4.74 Å². The van der Waals surface area contributed by atoms with Crippen molar-refractivity contribution in [3.63, 3.8) is 0 Å². The molecule has 1 N–H and O–H groups in total. The fourth-order valence-electron chi connectivity index (χ4n) is 2.68. The Labute approximate surface area is 127 Å². The Bertz CT molecular complexity index is 499. The molecule has 0 saturated heterocycles. The third kappa shape index (κ3) is 3.83. The van der Waals surface area contributed by atoms with E-state index in [-0.39, 0.29) is 11.4 Å². The van der Waals surface area contributed by atoms with Gasteiger partial charge in [-0.25, -0.2) is 0 Å². The van der Waals surface area contributed by atoms with Crippen LogP contribution in [-0.2, 0) is 22.5 Å². The minimum absolute atomic E-state index is 0.0528. The van der Waals surface area contributed by atoms with Gasteiger partial charge in [-0.1, -0.05) is 24.3 Å². The standard InChI is InChI=1S/C17H26N2O2/c1-13(21-4)16(20)18-12-17(2,3)19-10-9-14-7-5-6-8-15(14)11-19/h5-8,13H,9-12H2,1-4H3,(H,18,20)/t13-/m0/s1. The molecule has 1 heterocycles. The molecule has 0 aliphatic carbocycles. The molecular formula is C17H26N2O2. The Morgan fingerprint density at radius 1 is 1.38 bits per heavy atom. The first-order valence-electron chi connectivity index (χ1n) is 7.56. The maximum absolute atomic E-state index is 11.8. The molecule has 1 atom stereocenters. The average Bonchev–Trinajstić information content (AvgIpc) is 2.51. The van der Waals surface area contributed by atoms with Crippen LogP contribution in [0.15, 0.2) is 24.3 Å². The van der Waals surface area contributed by atoms with Crippen LogP contribution < -0.4 is 5.32 Å². The van der Waals surface area contributed by atoms with Crippen LogP contribution in [0.2, 0.25) is 0 Å². The number of fused-ring (bicyclic) bond motifs is 1. The van der Waals surface area contributed by atoms with Crippen molar-refractivity contribution in [2.75, 3.05) is 20.2 Å². The van der Waals surface area contributed by atoms with Gasteiger partial charge in [0.05, 0.1) is 0 Å². The summed E-state index contributed by atoms with van der Waals surface area (Å²) < 4.78 is 5.04. The number of hydrogen-bond donors (Lipinski definition) is 1. The largest absolute Gasteiger partial charge is 0.372 e. The summed E-state index contributed by atoms with van der Waals surface area (Å²) >= 11 is 0. The molecule has 0 aromatic heterocycles. The molecule has 21 heavy (non-hydrogen) atoms. The van der Waals surface area contributed by atoms with E-state index in [9.17, 15) is 4.79 Å². The van der Waals surface area contributed by atoms with E-state index in [1.54, 1.807) is 14.0 Å². The van der Waals surface area contributed by atoms with E-state index in [2.05, 4.69) is 48.3 Å². The van der Waals surface area contributed by atoms with Gasteiger partial charge in [0.25, 0.3) is 0 Å². The molecule has 0 unspecified atom stereocenters. The van der Waals surface area contributed by atoms with Crippen molar-refractivity contribution in [3.05, 3.63) is 35.4 Å². The van der Waals surface area contributed by atoms with Crippen molar-refractivity contribution in [1.29, 1.82) is 0 Å². The van der Waals surface area contributed by atoms with Crippen molar-refractivity contribution in [3.8, 4) is 0 Å². The summed E-state index contributed by atoms with van der Waals surface area (Å²) in [5.74, 6) is -0.0528. The predicted molar refractivity (Wildman–Crippen MR) is 84.1 cm³/mol. The highest BCUT2D eigenvalue weighted by Crippen LogP contribution is 2.24. The summed E-state index contributed by atoms with van der Waals surface area (Å²) in [4.78, 5) is 14.3. The van der Waals surface area contributed by atoms with Gasteiger partial charge < -0.3 is 10.1 Å². The van der Waals surface area contributed by atoms with Crippen LogP contribution in [-0.4, -0.2) is 42.6 Å². The summed E-state index contributed by atoms with van der Waals surface area (Å²) in [6, 6.07) is 8.61. The molecule has 4 nitrogen and oxygen atoms in total. The van der Waals surface area contributed by atoms with Crippen molar-refractivity contribution >= 4 is 5.91 Å². The van der Waals surface area contributed by atoms with Crippen LogP contribution in [0.25, 0.3) is 0 Å². The quantitative estimate of drug-likeness (QED) is 0.901. The molecule has 0 saturated carbocycles. The van der Waals surface area contributed by atoms with Gasteiger partial charge in [-0.3, -0.25) is 9.69 Å². The van der Waals surface area contributed by atoms with E-state index in [0.29, 0.717) is 6.54 Å². The summed E-state index contributed by atoms with van der Waals surface area (Å²) in [5, 5.41) is 2.99. The predicted octanol–water partition coefficient (Wildman–Crippen LogP) is 1.97. The Morgan fingerprint density at radius 3 is 2.71 bits per heavy atom. The molecule has 1 aliphatic rings. The van der Waals surface area contributed by atoms with Gasteiger partial charge in [-0.15, -0.1) is 0 Å². The second kappa shape index (κ2) is 6.58. The van der Waals surface area contributed by atoms with Gasteiger partial charge in [0.1, 0.15) is 6.10 Å². The lowest BCUT2D eigenvalue weighted by Crippen LogP contribution is -2.54. The fourth-order valence-corrected chi connectivity index (χ4v) is 2.68. The van der Waals surface area contributed by atoms with Gasteiger partial charge in [0, 0.05) is 32.3 Å². The minimum atomic E-state index is -0.400. The molecule has 0 fully saturated rings. The number of methoxy groups -OCH3 is 1. The molecule has 0 bridgehead atoms. The number of hydrogen-bond acceptors (Lipinski definition) is 3. The second-order valence-electron chi connectivity index (χ2n) is 6.35. The van der Waals surface area contributed by atoms with Gasteiger partial charge in [-0.05, 0) is 38.3 Å². The SMILES string of the molecule is CO[C@@H](C)C(=O)NCC(C)(C)N1CCc2ccccc2C1. The van der Waals surface area contributed by atoms with Crippen LogP contribution in [0, 0.1) is 0 Å². The highest BCUT2D eigenvalue weighted by molar-refractivity contribution is 5.80. The summed E-state index contributed by atoms with van der Waals surface area (Å²) in [5.41, 5.74) is 2.77. The number of rotatable bonds is 5. The molecule has 1 aromatic rings. The van der Waals surface area contributed by atoms with E-state index in [1.165, 1.54) is 11.1 Å².